The first-order valence-corrected chi connectivity index (χ1v) is 12.1. The van der Waals surface area contributed by atoms with E-state index in [4.69, 9.17) is 37.9 Å². The maximum atomic E-state index is 14.5. The van der Waals surface area contributed by atoms with E-state index in [0.29, 0.717) is 46.7 Å². The number of halogens is 3. The fourth-order valence-corrected chi connectivity index (χ4v) is 4.96. The molecule has 2 N–H and O–H groups in total. The maximum absolute atomic E-state index is 14.5. The van der Waals surface area contributed by atoms with Crippen LogP contribution in [0.25, 0.3) is 21.8 Å². The molecule has 5 heterocycles. The third-order valence-electron chi connectivity index (χ3n) is 6.43. The average Bonchev–Trinajstić information content (AvgIpc) is 3.32. The van der Waals surface area contributed by atoms with Crippen molar-refractivity contribution in [1.29, 1.82) is 5.26 Å². The number of aromatic nitrogens is 5. The molecule has 0 radical (unpaired) electrons. The number of nitriles is 1. The molecule has 0 atom stereocenters. The molecule has 0 bridgehead atoms. The van der Waals surface area contributed by atoms with Gasteiger partial charge in [-0.3, -0.25) is 5.10 Å². The van der Waals surface area contributed by atoms with Crippen LogP contribution in [-0.2, 0) is 0 Å². The normalized spacial score (nSPS) is 17.3. The second kappa shape index (κ2) is 8.58. The zero-order valence-electron chi connectivity index (χ0n) is 19.1. The number of fused-ring (bicyclic) bond motifs is 2. The Kier molecular flexibility index (Phi) is 5.48. The third-order valence-corrected chi connectivity index (χ3v) is 6.98. The highest BCUT2D eigenvalue weighted by Crippen LogP contribution is 2.42. The summed E-state index contributed by atoms with van der Waals surface area (Å²) in [4.78, 5) is 18.1. The van der Waals surface area contributed by atoms with E-state index in [1.807, 2.05) is 11.8 Å². The maximum Gasteiger partial charge on any atom is 0.247 e. The van der Waals surface area contributed by atoms with E-state index >= 15 is 0 Å². The van der Waals surface area contributed by atoms with Gasteiger partial charge in [-0.05, 0) is 13.0 Å². The van der Waals surface area contributed by atoms with Gasteiger partial charge in [0.1, 0.15) is 27.3 Å². The third kappa shape index (κ3) is 3.82. The van der Waals surface area contributed by atoms with Crippen LogP contribution in [0.5, 0.6) is 11.6 Å². The van der Waals surface area contributed by atoms with Crippen molar-refractivity contribution in [2.75, 3.05) is 49.1 Å². The molecule has 2 fully saturated rings. The predicted octanol–water partition coefficient (Wildman–Crippen LogP) is 3.90. The molecule has 2 aliphatic rings. The Balaban J connectivity index is 1.53. The van der Waals surface area contributed by atoms with Gasteiger partial charge in [-0.2, -0.15) is 20.3 Å². The van der Waals surface area contributed by atoms with E-state index in [9.17, 15) is 9.65 Å². The summed E-state index contributed by atoms with van der Waals surface area (Å²) in [5, 5.41) is 20.6. The van der Waals surface area contributed by atoms with Crippen LogP contribution in [0.4, 0.5) is 16.2 Å². The second-order valence-corrected chi connectivity index (χ2v) is 9.96. The number of hydrogen-bond donors (Lipinski definition) is 2. The minimum absolute atomic E-state index is 0.0568. The lowest BCUT2D eigenvalue weighted by Gasteiger charge is -2.43. The number of nitrogens with zero attached hydrogens (tertiary/aromatic N) is 7. The summed E-state index contributed by atoms with van der Waals surface area (Å²) in [6.45, 7) is 5.98. The van der Waals surface area contributed by atoms with Crippen LogP contribution >= 0.6 is 23.2 Å². The molecule has 10 nitrogen and oxygen atoms in total. The van der Waals surface area contributed by atoms with Crippen LogP contribution < -0.4 is 19.9 Å². The zero-order valence-corrected chi connectivity index (χ0v) is 20.7. The van der Waals surface area contributed by atoms with Gasteiger partial charge < -0.3 is 19.9 Å². The fourth-order valence-electron chi connectivity index (χ4n) is 4.58. The van der Waals surface area contributed by atoms with Crippen molar-refractivity contribution in [1.82, 2.24) is 30.5 Å². The Morgan fingerprint density at radius 3 is 2.64 bits per heavy atom. The summed E-state index contributed by atoms with van der Waals surface area (Å²) in [7, 11) is 0. The van der Waals surface area contributed by atoms with Crippen LogP contribution in [-0.4, -0.2) is 64.4 Å². The molecule has 1 aromatic carbocycles. The molecular formula is C23H20Cl2FN9O. The Morgan fingerprint density at radius 2 is 1.89 bits per heavy atom. The van der Waals surface area contributed by atoms with Crippen molar-refractivity contribution in [2.45, 2.75) is 6.92 Å². The van der Waals surface area contributed by atoms with Gasteiger partial charge in [0.2, 0.25) is 11.8 Å². The van der Waals surface area contributed by atoms with E-state index < -0.39 is 11.2 Å². The van der Waals surface area contributed by atoms with Gasteiger partial charge in [0.15, 0.2) is 5.75 Å². The van der Waals surface area contributed by atoms with Crippen molar-refractivity contribution < 1.29 is 9.13 Å². The molecule has 6 rings (SSSR count). The van der Waals surface area contributed by atoms with Crippen LogP contribution in [0.3, 0.4) is 0 Å². The molecule has 3 aromatic heterocycles. The molecule has 13 heteroatoms. The fraction of sp³-hybridized carbons (Fsp3) is 0.348. The van der Waals surface area contributed by atoms with Gasteiger partial charge in [-0.25, -0.2) is 9.37 Å². The van der Waals surface area contributed by atoms with Crippen LogP contribution in [0.2, 0.25) is 10.2 Å². The largest absolute Gasteiger partial charge is 0.434 e. The van der Waals surface area contributed by atoms with Gasteiger partial charge in [0, 0.05) is 45.3 Å². The van der Waals surface area contributed by atoms with Crippen molar-refractivity contribution in [3.8, 4) is 17.7 Å². The summed E-state index contributed by atoms with van der Waals surface area (Å²) in [6, 6.07) is 5.29. The summed E-state index contributed by atoms with van der Waals surface area (Å²) in [5.41, 5.74) is 0.361. The summed E-state index contributed by atoms with van der Waals surface area (Å²) >= 11 is 12.7. The SMILES string of the molecule is CC1(C#N)CN(c2nc(N3CCNCC3)c3cc(Cl)nc(Oc4c(Cl)c(F)cc5[nH]ncc45)c3n2)C1. The molecule has 4 aromatic rings. The van der Waals surface area contributed by atoms with Crippen molar-refractivity contribution in [3.63, 3.8) is 0 Å². The number of anilines is 2. The highest BCUT2D eigenvalue weighted by molar-refractivity contribution is 6.33. The van der Waals surface area contributed by atoms with Gasteiger partial charge in [0.25, 0.3) is 0 Å². The van der Waals surface area contributed by atoms with Gasteiger partial charge in [-0.15, -0.1) is 0 Å². The molecule has 0 aliphatic carbocycles. The van der Waals surface area contributed by atoms with Crippen molar-refractivity contribution in [3.05, 3.63) is 34.3 Å². The van der Waals surface area contributed by atoms with E-state index in [2.05, 4.69) is 31.5 Å². The minimum atomic E-state index is -0.664. The Bertz CT molecular complexity index is 1540. The van der Waals surface area contributed by atoms with E-state index in [1.165, 1.54) is 12.3 Å². The smallest absolute Gasteiger partial charge is 0.247 e. The first-order valence-electron chi connectivity index (χ1n) is 11.3. The van der Waals surface area contributed by atoms with E-state index in [-0.39, 0.29) is 21.8 Å². The summed E-state index contributed by atoms with van der Waals surface area (Å²) < 4.78 is 20.7. The number of rotatable bonds is 4. The monoisotopic (exact) mass is 527 g/mol. The van der Waals surface area contributed by atoms with Gasteiger partial charge in [-0.1, -0.05) is 23.2 Å². The molecule has 0 saturated carbocycles. The lowest BCUT2D eigenvalue weighted by Crippen LogP contribution is -2.54. The predicted molar refractivity (Wildman–Crippen MR) is 134 cm³/mol. The number of ether oxygens (including phenoxy) is 1. The number of H-pyrrole nitrogens is 1. The zero-order chi connectivity index (χ0) is 25.0. The molecule has 184 valence electrons. The topological polar surface area (TPSA) is 119 Å². The first kappa shape index (κ1) is 23.0. The molecule has 2 saturated heterocycles. The second-order valence-electron chi connectivity index (χ2n) is 9.19. The lowest BCUT2D eigenvalue weighted by molar-refractivity contribution is 0.332. The van der Waals surface area contributed by atoms with Crippen molar-refractivity contribution in [2.24, 2.45) is 5.41 Å². The number of aromatic amines is 1. The lowest BCUT2D eigenvalue weighted by atomic mass is 9.84. The number of pyridine rings is 1. The van der Waals surface area contributed by atoms with Crippen molar-refractivity contribution >= 4 is 56.8 Å². The molecule has 0 unspecified atom stereocenters. The number of piperazine rings is 1. The van der Waals surface area contributed by atoms with Crippen LogP contribution in [0.1, 0.15) is 6.92 Å². The Labute approximate surface area is 215 Å². The average molecular weight is 528 g/mol. The Hall–Kier alpha value is -3.46. The van der Waals surface area contributed by atoms with Gasteiger partial charge in [0.05, 0.1) is 34.0 Å². The molecular weight excluding hydrogens is 508 g/mol. The number of nitrogens with one attached hydrogen (secondary N) is 2. The quantitative estimate of drug-likeness (QED) is 0.380. The molecule has 0 amide bonds. The van der Waals surface area contributed by atoms with E-state index in [0.717, 1.165) is 26.2 Å². The number of benzene rings is 1. The highest BCUT2D eigenvalue weighted by atomic mass is 35.5. The van der Waals surface area contributed by atoms with Gasteiger partial charge >= 0.3 is 0 Å². The summed E-state index contributed by atoms with van der Waals surface area (Å²) in [5.74, 6) is 0.604. The molecule has 0 spiro atoms. The first-order chi connectivity index (χ1) is 17.3. The van der Waals surface area contributed by atoms with Crippen LogP contribution in [0, 0.1) is 22.6 Å². The standard InChI is InChI=1S/C23H20Cl2FN9O/c1-23(9-27)10-35(11-23)22-31-18-12(20(32-22)34-4-2-28-3-5-34)6-16(24)30-21(18)36-19-13-8-29-33-15(13)7-14(26)17(19)25/h6-8,28H,2-5,10-11H2,1H3,(H,29,33). The Morgan fingerprint density at radius 1 is 1.11 bits per heavy atom. The minimum Gasteiger partial charge on any atom is -0.434 e. The molecule has 36 heavy (non-hydrogen) atoms. The number of hydrogen-bond acceptors (Lipinski definition) is 9. The highest BCUT2D eigenvalue weighted by Gasteiger charge is 2.41. The molecule has 2 aliphatic heterocycles. The summed E-state index contributed by atoms with van der Waals surface area (Å²) in [6.07, 6.45) is 1.50. The van der Waals surface area contributed by atoms with E-state index in [1.54, 1.807) is 6.07 Å². The van der Waals surface area contributed by atoms with Crippen LogP contribution in [0.15, 0.2) is 18.3 Å².